The standard InChI is InChI=1S/C21H22F3N3O3/c1-13(15-6-8-25-17(10-15)11-18(28)14-2-3-14)27-20(29)16-4-5-19(26-12-16)30-9-7-21(22,23)24/h4-6,8,10,12-14H,2-3,7,9,11H2,1H3,(H,27,29). The van der Waals surface area contributed by atoms with Crippen molar-refractivity contribution in [3.8, 4) is 5.88 Å². The monoisotopic (exact) mass is 421 g/mol. The molecule has 30 heavy (non-hydrogen) atoms. The first kappa shape index (κ1) is 21.7. The number of aromatic nitrogens is 2. The Balaban J connectivity index is 1.54. The average Bonchev–Trinajstić information content (AvgIpc) is 3.53. The summed E-state index contributed by atoms with van der Waals surface area (Å²) in [5.74, 6) is -0.00679. The van der Waals surface area contributed by atoms with Crippen LogP contribution in [0.2, 0.25) is 0 Å². The normalized spacial score (nSPS) is 14.8. The third-order valence-corrected chi connectivity index (χ3v) is 4.71. The molecule has 1 unspecified atom stereocenters. The van der Waals surface area contributed by atoms with E-state index in [-0.39, 0.29) is 35.1 Å². The molecule has 1 amide bonds. The van der Waals surface area contributed by atoms with E-state index in [2.05, 4.69) is 15.3 Å². The molecule has 1 fully saturated rings. The van der Waals surface area contributed by atoms with Crippen molar-refractivity contribution in [3.05, 3.63) is 53.5 Å². The largest absolute Gasteiger partial charge is 0.477 e. The lowest BCUT2D eigenvalue weighted by Crippen LogP contribution is -2.27. The van der Waals surface area contributed by atoms with Gasteiger partial charge in [0, 0.05) is 36.5 Å². The summed E-state index contributed by atoms with van der Waals surface area (Å²) >= 11 is 0. The topological polar surface area (TPSA) is 81.2 Å². The molecule has 0 aromatic carbocycles. The maximum atomic E-state index is 12.4. The van der Waals surface area contributed by atoms with E-state index < -0.39 is 19.2 Å². The molecule has 0 radical (unpaired) electrons. The Morgan fingerprint density at radius 1 is 1.23 bits per heavy atom. The Labute approximate surface area is 171 Å². The number of rotatable bonds is 9. The molecule has 0 spiro atoms. The molecule has 9 heteroatoms. The van der Waals surface area contributed by atoms with Gasteiger partial charge in [-0.2, -0.15) is 13.2 Å². The van der Waals surface area contributed by atoms with Crippen LogP contribution in [-0.2, 0) is 11.2 Å². The quantitative estimate of drug-likeness (QED) is 0.666. The number of hydrogen-bond acceptors (Lipinski definition) is 5. The fraction of sp³-hybridized carbons (Fsp3) is 0.429. The van der Waals surface area contributed by atoms with E-state index in [1.54, 1.807) is 18.3 Å². The van der Waals surface area contributed by atoms with Crippen molar-refractivity contribution in [2.45, 2.75) is 44.8 Å². The van der Waals surface area contributed by atoms with Crippen LogP contribution in [0.25, 0.3) is 0 Å². The lowest BCUT2D eigenvalue weighted by molar-refractivity contribution is -0.139. The zero-order chi connectivity index (χ0) is 21.7. The predicted molar refractivity (Wildman–Crippen MR) is 102 cm³/mol. The SMILES string of the molecule is CC(NC(=O)c1ccc(OCCC(F)(F)F)nc1)c1ccnc(CC(=O)C2CC2)c1. The van der Waals surface area contributed by atoms with E-state index in [0.29, 0.717) is 12.1 Å². The molecule has 1 N–H and O–H groups in total. The smallest absolute Gasteiger partial charge is 0.392 e. The molecule has 1 saturated carbocycles. The molecule has 0 aliphatic heterocycles. The van der Waals surface area contributed by atoms with Gasteiger partial charge in [0.05, 0.1) is 24.6 Å². The van der Waals surface area contributed by atoms with Crippen LogP contribution in [-0.4, -0.2) is 34.4 Å². The molecule has 0 saturated heterocycles. The molecule has 3 rings (SSSR count). The lowest BCUT2D eigenvalue weighted by atomic mass is 10.1. The second-order valence-electron chi connectivity index (χ2n) is 7.29. The van der Waals surface area contributed by atoms with Crippen LogP contribution in [0.4, 0.5) is 13.2 Å². The molecular weight excluding hydrogens is 399 g/mol. The number of amides is 1. The van der Waals surface area contributed by atoms with Gasteiger partial charge in [-0.25, -0.2) is 4.98 Å². The number of nitrogens with zero attached hydrogens (tertiary/aromatic N) is 2. The summed E-state index contributed by atoms with van der Waals surface area (Å²) in [6, 6.07) is 6.03. The van der Waals surface area contributed by atoms with Gasteiger partial charge in [0.1, 0.15) is 5.78 Å². The highest BCUT2D eigenvalue weighted by Crippen LogP contribution is 2.31. The number of nitrogens with one attached hydrogen (secondary N) is 1. The summed E-state index contributed by atoms with van der Waals surface area (Å²) < 4.78 is 41.4. The second-order valence-corrected chi connectivity index (χ2v) is 7.29. The molecule has 2 aromatic heterocycles. The number of carbonyl (C=O) groups is 2. The first-order valence-corrected chi connectivity index (χ1v) is 9.65. The predicted octanol–water partition coefficient (Wildman–Crippen LogP) is 3.82. The minimum Gasteiger partial charge on any atom is -0.477 e. The van der Waals surface area contributed by atoms with E-state index in [9.17, 15) is 22.8 Å². The van der Waals surface area contributed by atoms with E-state index in [0.717, 1.165) is 18.4 Å². The summed E-state index contributed by atoms with van der Waals surface area (Å²) in [6.45, 7) is 1.27. The third-order valence-electron chi connectivity index (χ3n) is 4.71. The van der Waals surface area contributed by atoms with Crippen molar-refractivity contribution in [2.75, 3.05) is 6.61 Å². The van der Waals surface area contributed by atoms with Gasteiger partial charge in [-0.3, -0.25) is 14.6 Å². The van der Waals surface area contributed by atoms with E-state index in [4.69, 9.17) is 4.74 Å². The molecule has 2 aromatic rings. The van der Waals surface area contributed by atoms with Gasteiger partial charge in [0.25, 0.3) is 5.91 Å². The minimum atomic E-state index is -4.30. The number of ketones is 1. The minimum absolute atomic E-state index is 0.0166. The number of pyridine rings is 2. The number of alkyl halides is 3. The highest BCUT2D eigenvalue weighted by atomic mass is 19.4. The van der Waals surface area contributed by atoms with Crippen molar-refractivity contribution in [1.29, 1.82) is 0 Å². The Kier molecular flexibility index (Phi) is 6.69. The van der Waals surface area contributed by atoms with Gasteiger partial charge >= 0.3 is 6.18 Å². The summed E-state index contributed by atoms with van der Waals surface area (Å²) in [5, 5.41) is 2.83. The van der Waals surface area contributed by atoms with E-state index in [1.165, 1.54) is 18.3 Å². The van der Waals surface area contributed by atoms with Crippen molar-refractivity contribution in [1.82, 2.24) is 15.3 Å². The molecule has 2 heterocycles. The molecule has 160 valence electrons. The number of Topliss-reactive ketones (excluding diaryl/α,β-unsaturated/α-hetero) is 1. The Hall–Kier alpha value is -2.97. The van der Waals surface area contributed by atoms with Crippen molar-refractivity contribution in [3.63, 3.8) is 0 Å². The highest BCUT2D eigenvalue weighted by Gasteiger charge is 2.29. The summed E-state index contributed by atoms with van der Waals surface area (Å²) in [4.78, 5) is 32.5. The zero-order valence-electron chi connectivity index (χ0n) is 16.4. The Bertz CT molecular complexity index is 896. The van der Waals surface area contributed by atoms with Gasteiger partial charge < -0.3 is 10.1 Å². The van der Waals surface area contributed by atoms with Crippen LogP contribution in [0.15, 0.2) is 36.7 Å². The van der Waals surface area contributed by atoms with Crippen molar-refractivity contribution >= 4 is 11.7 Å². The Morgan fingerprint density at radius 2 is 2.00 bits per heavy atom. The lowest BCUT2D eigenvalue weighted by Gasteiger charge is -2.15. The molecule has 1 aliphatic carbocycles. The molecular formula is C21H22F3N3O3. The van der Waals surface area contributed by atoms with Crippen molar-refractivity contribution < 1.29 is 27.5 Å². The highest BCUT2D eigenvalue weighted by molar-refractivity contribution is 5.94. The van der Waals surface area contributed by atoms with Crippen LogP contribution in [0.5, 0.6) is 5.88 Å². The maximum absolute atomic E-state index is 12.4. The molecule has 6 nitrogen and oxygen atoms in total. The number of hydrogen-bond donors (Lipinski definition) is 1. The van der Waals surface area contributed by atoms with Crippen LogP contribution < -0.4 is 10.1 Å². The zero-order valence-corrected chi connectivity index (χ0v) is 16.4. The van der Waals surface area contributed by atoms with Gasteiger partial charge in [0.2, 0.25) is 5.88 Å². The molecule has 1 aliphatic rings. The fourth-order valence-corrected chi connectivity index (χ4v) is 2.83. The number of halogens is 3. The third kappa shape index (κ3) is 6.53. The van der Waals surface area contributed by atoms with Gasteiger partial charge in [-0.15, -0.1) is 0 Å². The Morgan fingerprint density at radius 3 is 2.63 bits per heavy atom. The van der Waals surface area contributed by atoms with Crippen LogP contribution in [0.1, 0.15) is 53.8 Å². The second kappa shape index (κ2) is 9.23. The van der Waals surface area contributed by atoms with Crippen LogP contribution in [0.3, 0.4) is 0 Å². The summed E-state index contributed by atoms with van der Waals surface area (Å²) in [5.41, 5.74) is 1.74. The first-order valence-electron chi connectivity index (χ1n) is 9.65. The summed E-state index contributed by atoms with van der Waals surface area (Å²) in [6.07, 6.45) is -0.322. The van der Waals surface area contributed by atoms with Crippen LogP contribution >= 0.6 is 0 Å². The van der Waals surface area contributed by atoms with Crippen molar-refractivity contribution in [2.24, 2.45) is 5.92 Å². The summed E-state index contributed by atoms with van der Waals surface area (Å²) in [7, 11) is 0. The fourth-order valence-electron chi connectivity index (χ4n) is 2.83. The average molecular weight is 421 g/mol. The molecule has 0 bridgehead atoms. The van der Waals surface area contributed by atoms with E-state index >= 15 is 0 Å². The van der Waals surface area contributed by atoms with E-state index in [1.807, 2.05) is 6.92 Å². The van der Waals surface area contributed by atoms with Gasteiger partial charge in [-0.1, -0.05) is 0 Å². The first-order chi connectivity index (χ1) is 14.2. The number of carbonyl (C=O) groups excluding carboxylic acids is 2. The maximum Gasteiger partial charge on any atom is 0.392 e. The van der Waals surface area contributed by atoms with Crippen LogP contribution in [0, 0.1) is 5.92 Å². The number of ether oxygens (including phenoxy) is 1. The van der Waals surface area contributed by atoms with Gasteiger partial charge in [-0.05, 0) is 43.5 Å². The van der Waals surface area contributed by atoms with Gasteiger partial charge in [0.15, 0.2) is 0 Å². The molecule has 1 atom stereocenters.